The Morgan fingerprint density at radius 3 is 2.38 bits per heavy atom. The molecule has 134 valence electrons. The first-order valence-electron chi connectivity index (χ1n) is 7.21. The van der Waals surface area contributed by atoms with Gasteiger partial charge in [0.2, 0.25) is 19.3 Å². The van der Waals surface area contributed by atoms with E-state index in [0.29, 0.717) is 16.1 Å². The number of hydrogen-bond acceptors (Lipinski definition) is 6. The molecule has 2 aromatic carbocycles. The van der Waals surface area contributed by atoms with E-state index in [4.69, 9.17) is 11.6 Å². The number of hydrogen-bond donors (Lipinski definition) is 1. The van der Waals surface area contributed by atoms with Gasteiger partial charge in [0.1, 0.15) is 5.82 Å². The van der Waals surface area contributed by atoms with Crippen molar-refractivity contribution in [2.24, 2.45) is 0 Å². The molecule has 0 spiro atoms. The highest BCUT2D eigenvalue weighted by molar-refractivity contribution is 7.92. The van der Waals surface area contributed by atoms with Crippen LogP contribution in [0.4, 0.5) is 9.52 Å². The van der Waals surface area contributed by atoms with Crippen LogP contribution in [0.1, 0.15) is 15.9 Å². The molecular formula is C16H11ClFN3O3S2. The summed E-state index contributed by atoms with van der Waals surface area (Å²) in [5.41, 5.74) is 0.772. The van der Waals surface area contributed by atoms with Crippen LogP contribution in [0.2, 0.25) is 5.02 Å². The fourth-order valence-electron chi connectivity index (χ4n) is 2.02. The second kappa shape index (κ2) is 7.48. The number of benzene rings is 2. The van der Waals surface area contributed by atoms with Crippen LogP contribution >= 0.6 is 22.9 Å². The SMILES string of the molecule is O=C(Nc1nnc(S(=O)(=O)Cc2ccc(F)cc2)s1)c1ccc(Cl)cc1. The molecule has 0 fully saturated rings. The van der Waals surface area contributed by atoms with Crippen molar-refractivity contribution in [3.8, 4) is 0 Å². The summed E-state index contributed by atoms with van der Waals surface area (Å²) in [5, 5.41) is 10.4. The van der Waals surface area contributed by atoms with Gasteiger partial charge in [0.15, 0.2) is 0 Å². The first-order chi connectivity index (χ1) is 12.3. The van der Waals surface area contributed by atoms with Crippen molar-refractivity contribution in [3.05, 3.63) is 70.5 Å². The molecule has 1 amide bonds. The molecule has 0 saturated heterocycles. The number of halogens is 2. The highest BCUT2D eigenvalue weighted by atomic mass is 35.5. The number of anilines is 1. The van der Waals surface area contributed by atoms with Crippen molar-refractivity contribution in [1.29, 1.82) is 0 Å². The first-order valence-corrected chi connectivity index (χ1v) is 10.1. The Morgan fingerprint density at radius 1 is 1.08 bits per heavy atom. The number of amides is 1. The molecule has 0 bridgehead atoms. The van der Waals surface area contributed by atoms with E-state index in [1.165, 1.54) is 36.4 Å². The molecule has 0 aliphatic carbocycles. The molecule has 1 heterocycles. The van der Waals surface area contributed by atoms with E-state index in [9.17, 15) is 17.6 Å². The fraction of sp³-hybridized carbons (Fsp3) is 0.0625. The lowest BCUT2D eigenvalue weighted by atomic mass is 10.2. The predicted molar refractivity (Wildman–Crippen MR) is 96.6 cm³/mol. The average Bonchev–Trinajstić information content (AvgIpc) is 3.07. The summed E-state index contributed by atoms with van der Waals surface area (Å²) in [6, 6.07) is 11.3. The van der Waals surface area contributed by atoms with E-state index in [1.807, 2.05) is 0 Å². The Kier molecular flexibility index (Phi) is 5.30. The number of carbonyl (C=O) groups excluding carboxylic acids is 1. The van der Waals surface area contributed by atoms with Gasteiger partial charge in [0.25, 0.3) is 5.91 Å². The van der Waals surface area contributed by atoms with Crippen molar-refractivity contribution < 1.29 is 17.6 Å². The topological polar surface area (TPSA) is 89.0 Å². The lowest BCUT2D eigenvalue weighted by Gasteiger charge is -2.01. The van der Waals surface area contributed by atoms with Crippen LogP contribution in [0.3, 0.4) is 0 Å². The molecule has 0 unspecified atom stereocenters. The van der Waals surface area contributed by atoms with Gasteiger partial charge in [-0.25, -0.2) is 12.8 Å². The minimum atomic E-state index is -3.76. The van der Waals surface area contributed by atoms with Crippen molar-refractivity contribution in [1.82, 2.24) is 10.2 Å². The Bertz CT molecular complexity index is 1040. The van der Waals surface area contributed by atoms with E-state index in [-0.39, 0.29) is 15.2 Å². The molecule has 6 nitrogen and oxygen atoms in total. The predicted octanol–water partition coefficient (Wildman–Crippen LogP) is 3.56. The Balaban J connectivity index is 1.73. The molecule has 0 radical (unpaired) electrons. The van der Waals surface area contributed by atoms with Crippen molar-refractivity contribution in [3.63, 3.8) is 0 Å². The standard InChI is InChI=1S/C16H11ClFN3O3S2/c17-12-5-3-11(4-6-12)14(22)19-15-20-21-16(25-15)26(23,24)9-10-1-7-13(18)8-2-10/h1-8H,9H2,(H,19,20,22). The van der Waals surface area contributed by atoms with Gasteiger partial charge in [-0.05, 0) is 42.0 Å². The zero-order chi connectivity index (χ0) is 18.7. The molecule has 10 heteroatoms. The van der Waals surface area contributed by atoms with Gasteiger partial charge in [-0.2, -0.15) is 0 Å². The largest absolute Gasteiger partial charge is 0.296 e. The second-order valence-corrected chi connectivity index (χ2v) is 8.80. The van der Waals surface area contributed by atoms with E-state index >= 15 is 0 Å². The first kappa shape index (κ1) is 18.4. The quantitative estimate of drug-likeness (QED) is 0.648. The fourth-order valence-corrected chi connectivity index (χ4v) is 4.46. The van der Waals surface area contributed by atoms with Crippen LogP contribution in [0.5, 0.6) is 0 Å². The van der Waals surface area contributed by atoms with E-state index in [0.717, 1.165) is 11.3 Å². The summed E-state index contributed by atoms with van der Waals surface area (Å²) in [6.07, 6.45) is 0. The van der Waals surface area contributed by atoms with Gasteiger partial charge < -0.3 is 0 Å². The summed E-state index contributed by atoms with van der Waals surface area (Å²) in [5.74, 6) is -1.25. The van der Waals surface area contributed by atoms with Gasteiger partial charge >= 0.3 is 0 Å². The number of aromatic nitrogens is 2. The zero-order valence-corrected chi connectivity index (χ0v) is 15.4. The molecule has 0 aliphatic rings. The monoisotopic (exact) mass is 411 g/mol. The zero-order valence-electron chi connectivity index (χ0n) is 13.0. The summed E-state index contributed by atoms with van der Waals surface area (Å²) in [6.45, 7) is 0. The highest BCUT2D eigenvalue weighted by Crippen LogP contribution is 2.24. The number of sulfone groups is 1. The van der Waals surface area contributed by atoms with Crippen molar-refractivity contribution >= 4 is 43.8 Å². The summed E-state index contributed by atoms with van der Waals surface area (Å²) >= 11 is 6.51. The normalized spacial score (nSPS) is 11.3. The van der Waals surface area contributed by atoms with Crippen LogP contribution in [0.15, 0.2) is 52.9 Å². The number of carbonyl (C=O) groups is 1. The lowest BCUT2D eigenvalue weighted by Crippen LogP contribution is -2.11. The maximum absolute atomic E-state index is 12.9. The third-order valence-corrected chi connectivity index (χ3v) is 6.49. The van der Waals surface area contributed by atoms with Gasteiger partial charge in [-0.1, -0.05) is 35.1 Å². The minimum Gasteiger partial charge on any atom is -0.296 e. The molecule has 0 saturated carbocycles. The molecule has 3 rings (SSSR count). The molecule has 0 atom stereocenters. The maximum atomic E-state index is 12.9. The molecule has 3 aromatic rings. The average molecular weight is 412 g/mol. The van der Waals surface area contributed by atoms with Gasteiger partial charge in [-0.15, -0.1) is 10.2 Å². The third-order valence-electron chi connectivity index (χ3n) is 3.27. The van der Waals surface area contributed by atoms with Gasteiger partial charge in [-0.3, -0.25) is 10.1 Å². The van der Waals surface area contributed by atoms with Crippen molar-refractivity contribution in [2.75, 3.05) is 5.32 Å². The Morgan fingerprint density at radius 2 is 1.73 bits per heavy atom. The summed E-state index contributed by atoms with van der Waals surface area (Å²) < 4.78 is 37.4. The summed E-state index contributed by atoms with van der Waals surface area (Å²) in [7, 11) is -3.76. The van der Waals surface area contributed by atoms with E-state index in [1.54, 1.807) is 12.1 Å². The Hall–Kier alpha value is -2.36. The van der Waals surface area contributed by atoms with Crippen LogP contribution in [0, 0.1) is 5.82 Å². The Labute approximate surface area is 157 Å². The molecule has 1 N–H and O–H groups in total. The van der Waals surface area contributed by atoms with Crippen LogP contribution in [-0.2, 0) is 15.6 Å². The second-order valence-electron chi connectivity index (χ2n) is 5.22. The molecule has 0 aliphatic heterocycles. The van der Waals surface area contributed by atoms with E-state index < -0.39 is 21.6 Å². The van der Waals surface area contributed by atoms with Crippen LogP contribution in [0.25, 0.3) is 0 Å². The molecule has 26 heavy (non-hydrogen) atoms. The number of rotatable bonds is 5. The molecule has 1 aromatic heterocycles. The van der Waals surface area contributed by atoms with Crippen molar-refractivity contribution in [2.45, 2.75) is 10.1 Å². The number of nitrogens with zero attached hydrogens (tertiary/aromatic N) is 2. The minimum absolute atomic E-state index is 0.0580. The molecular weight excluding hydrogens is 401 g/mol. The highest BCUT2D eigenvalue weighted by Gasteiger charge is 2.22. The summed E-state index contributed by atoms with van der Waals surface area (Å²) in [4.78, 5) is 12.1. The van der Waals surface area contributed by atoms with Crippen LogP contribution < -0.4 is 5.32 Å². The van der Waals surface area contributed by atoms with Gasteiger partial charge in [0, 0.05) is 10.6 Å². The van der Waals surface area contributed by atoms with E-state index in [2.05, 4.69) is 15.5 Å². The lowest BCUT2D eigenvalue weighted by molar-refractivity contribution is 0.102. The van der Waals surface area contributed by atoms with Crippen LogP contribution in [-0.4, -0.2) is 24.5 Å². The van der Waals surface area contributed by atoms with Gasteiger partial charge in [0.05, 0.1) is 5.75 Å². The maximum Gasteiger partial charge on any atom is 0.257 e. The third kappa shape index (κ3) is 4.43. The number of nitrogens with one attached hydrogen (secondary N) is 1. The smallest absolute Gasteiger partial charge is 0.257 e.